The molecule has 0 radical (unpaired) electrons. The summed E-state index contributed by atoms with van der Waals surface area (Å²) in [6.07, 6.45) is 0. The van der Waals surface area contributed by atoms with Crippen LogP contribution in [-0.2, 0) is 0 Å². The lowest BCUT2D eigenvalue weighted by Crippen LogP contribution is -2.27. The van der Waals surface area contributed by atoms with Crippen LogP contribution in [-0.4, -0.2) is 11.2 Å². The summed E-state index contributed by atoms with van der Waals surface area (Å²) in [5, 5.41) is 9.31. The van der Waals surface area contributed by atoms with Gasteiger partial charge in [-0.1, -0.05) is 34.8 Å². The molecular weight excluding hydrogens is 248 g/mol. The molecule has 14 heavy (non-hydrogen) atoms. The van der Waals surface area contributed by atoms with Gasteiger partial charge in [-0.2, -0.15) is 0 Å². The normalized spacial score (nSPS) is 11.6. The quantitative estimate of drug-likeness (QED) is 0.410. The number of hydroxylamine groups is 1. The molecule has 0 saturated heterocycles. The molecule has 4 N–H and O–H groups in total. The maximum Gasteiger partial charge on any atom is 0.218 e. The molecule has 0 heterocycles. The van der Waals surface area contributed by atoms with E-state index >= 15 is 0 Å². The standard InChI is InChI=1S/C7H6Cl3N3O/c8-3-1-4(9)6(5(10)2-3)12-7(11)13-14/h1-2,14H,(H3,11,12,13). The smallest absolute Gasteiger partial charge is 0.218 e. The summed E-state index contributed by atoms with van der Waals surface area (Å²) in [6, 6.07) is 2.94. The third-order valence-electron chi connectivity index (χ3n) is 1.33. The molecule has 0 aliphatic rings. The van der Waals surface area contributed by atoms with Gasteiger partial charge in [0.15, 0.2) is 0 Å². The highest BCUT2D eigenvalue weighted by molar-refractivity contribution is 6.41. The van der Waals surface area contributed by atoms with Crippen LogP contribution in [0, 0.1) is 0 Å². The fourth-order valence-corrected chi connectivity index (χ4v) is 1.69. The summed E-state index contributed by atoms with van der Waals surface area (Å²) < 4.78 is 0. The summed E-state index contributed by atoms with van der Waals surface area (Å²) in [4.78, 5) is 3.73. The van der Waals surface area contributed by atoms with E-state index in [0.717, 1.165) is 0 Å². The van der Waals surface area contributed by atoms with Gasteiger partial charge in [0.25, 0.3) is 0 Å². The van der Waals surface area contributed by atoms with Gasteiger partial charge in [-0.3, -0.25) is 5.21 Å². The van der Waals surface area contributed by atoms with Gasteiger partial charge in [-0.05, 0) is 12.1 Å². The summed E-state index contributed by atoms with van der Waals surface area (Å²) in [5.41, 5.74) is 7.13. The van der Waals surface area contributed by atoms with Crippen molar-refractivity contribution in [1.29, 1.82) is 0 Å². The highest BCUT2D eigenvalue weighted by Gasteiger charge is 2.07. The molecule has 0 aliphatic heterocycles. The van der Waals surface area contributed by atoms with E-state index in [9.17, 15) is 0 Å². The Kier molecular flexibility index (Phi) is 3.83. The molecule has 4 nitrogen and oxygen atoms in total. The Morgan fingerprint density at radius 1 is 1.29 bits per heavy atom. The number of nitrogens with one attached hydrogen (secondary N) is 1. The van der Waals surface area contributed by atoms with Gasteiger partial charge in [-0.15, -0.1) is 0 Å². The third kappa shape index (κ3) is 2.65. The number of hydrogen-bond donors (Lipinski definition) is 3. The van der Waals surface area contributed by atoms with Crippen LogP contribution >= 0.6 is 34.8 Å². The van der Waals surface area contributed by atoms with Gasteiger partial charge in [0.1, 0.15) is 5.69 Å². The lowest BCUT2D eigenvalue weighted by atomic mass is 10.3. The van der Waals surface area contributed by atoms with Crippen LogP contribution in [0.2, 0.25) is 15.1 Å². The number of hydrogen-bond acceptors (Lipinski definition) is 2. The summed E-state index contributed by atoms with van der Waals surface area (Å²) >= 11 is 17.3. The zero-order chi connectivity index (χ0) is 10.7. The van der Waals surface area contributed by atoms with Crippen LogP contribution in [0.3, 0.4) is 0 Å². The lowest BCUT2D eigenvalue weighted by Gasteiger charge is -2.03. The van der Waals surface area contributed by atoms with Gasteiger partial charge in [0.05, 0.1) is 10.0 Å². The minimum atomic E-state index is -0.212. The Morgan fingerprint density at radius 2 is 1.79 bits per heavy atom. The molecule has 0 fully saturated rings. The minimum Gasteiger partial charge on any atom is -0.368 e. The maximum atomic E-state index is 8.41. The highest BCUT2D eigenvalue weighted by atomic mass is 35.5. The van der Waals surface area contributed by atoms with Crippen molar-refractivity contribution in [1.82, 2.24) is 5.48 Å². The van der Waals surface area contributed by atoms with Crippen molar-refractivity contribution in [2.24, 2.45) is 10.7 Å². The molecule has 0 atom stereocenters. The molecule has 1 aromatic carbocycles. The van der Waals surface area contributed by atoms with Crippen molar-refractivity contribution in [3.05, 3.63) is 27.2 Å². The molecule has 7 heteroatoms. The number of nitrogens with two attached hydrogens (primary N) is 1. The van der Waals surface area contributed by atoms with E-state index in [0.29, 0.717) is 5.02 Å². The number of guanidine groups is 1. The van der Waals surface area contributed by atoms with E-state index in [1.165, 1.54) is 12.1 Å². The highest BCUT2D eigenvalue weighted by Crippen LogP contribution is 2.35. The zero-order valence-electron chi connectivity index (χ0n) is 6.76. The first-order valence-corrected chi connectivity index (χ1v) is 4.57. The molecule has 0 aliphatic carbocycles. The summed E-state index contributed by atoms with van der Waals surface area (Å²) in [6.45, 7) is 0. The monoisotopic (exact) mass is 253 g/mol. The second-order valence-corrected chi connectivity index (χ2v) is 3.58. The Labute approximate surface area is 95.2 Å². The summed E-state index contributed by atoms with van der Waals surface area (Å²) in [5.74, 6) is -0.212. The minimum absolute atomic E-state index is 0.212. The molecule has 0 aromatic heterocycles. The van der Waals surface area contributed by atoms with Crippen LogP contribution < -0.4 is 11.2 Å². The van der Waals surface area contributed by atoms with Crippen molar-refractivity contribution in [3.8, 4) is 0 Å². The van der Waals surface area contributed by atoms with Crippen LogP contribution in [0.1, 0.15) is 0 Å². The topological polar surface area (TPSA) is 70.6 Å². The predicted molar refractivity (Wildman–Crippen MR) is 57.7 cm³/mol. The molecule has 1 rings (SSSR count). The first-order valence-electron chi connectivity index (χ1n) is 3.43. The number of aliphatic imine (C=N–C) groups is 1. The Morgan fingerprint density at radius 3 is 2.21 bits per heavy atom. The number of rotatable bonds is 1. The van der Waals surface area contributed by atoms with Crippen molar-refractivity contribution < 1.29 is 5.21 Å². The SMILES string of the molecule is NC(=Nc1c(Cl)cc(Cl)cc1Cl)NO. The third-order valence-corrected chi connectivity index (χ3v) is 2.12. The fraction of sp³-hybridized carbons (Fsp3) is 0. The first kappa shape index (κ1) is 11.4. The Balaban J connectivity index is 3.21. The van der Waals surface area contributed by atoms with Crippen molar-refractivity contribution in [2.45, 2.75) is 0 Å². The van der Waals surface area contributed by atoms with E-state index in [2.05, 4.69) is 4.99 Å². The van der Waals surface area contributed by atoms with E-state index in [-0.39, 0.29) is 21.7 Å². The van der Waals surface area contributed by atoms with Crippen molar-refractivity contribution in [3.63, 3.8) is 0 Å². The van der Waals surface area contributed by atoms with Gasteiger partial charge < -0.3 is 5.73 Å². The zero-order valence-corrected chi connectivity index (χ0v) is 9.03. The molecule has 0 unspecified atom stereocenters. The Bertz CT molecular complexity index is 357. The first-order chi connectivity index (χ1) is 6.54. The van der Waals surface area contributed by atoms with Crippen molar-refractivity contribution in [2.75, 3.05) is 0 Å². The van der Waals surface area contributed by atoms with E-state index in [1.54, 1.807) is 5.48 Å². The van der Waals surface area contributed by atoms with Crippen molar-refractivity contribution >= 4 is 46.4 Å². The maximum absolute atomic E-state index is 8.41. The second-order valence-electron chi connectivity index (χ2n) is 2.33. The molecule has 0 amide bonds. The fourth-order valence-electron chi connectivity index (χ4n) is 0.787. The molecule has 1 aromatic rings. The number of nitrogens with zero attached hydrogens (tertiary/aromatic N) is 1. The van der Waals surface area contributed by atoms with Crippen LogP contribution in [0.5, 0.6) is 0 Å². The largest absolute Gasteiger partial charge is 0.368 e. The molecule has 0 saturated carbocycles. The lowest BCUT2D eigenvalue weighted by molar-refractivity contribution is 0.233. The van der Waals surface area contributed by atoms with Crippen LogP contribution in [0.4, 0.5) is 5.69 Å². The van der Waals surface area contributed by atoms with Gasteiger partial charge in [0.2, 0.25) is 5.96 Å². The van der Waals surface area contributed by atoms with Crippen LogP contribution in [0.15, 0.2) is 17.1 Å². The second kappa shape index (κ2) is 4.70. The van der Waals surface area contributed by atoms with Gasteiger partial charge in [-0.25, -0.2) is 10.5 Å². The molecule has 76 valence electrons. The average Bonchev–Trinajstić information content (AvgIpc) is 2.10. The van der Waals surface area contributed by atoms with E-state index < -0.39 is 0 Å². The Hall–Kier alpha value is -0.680. The number of halogens is 3. The summed E-state index contributed by atoms with van der Waals surface area (Å²) in [7, 11) is 0. The molecule has 0 bridgehead atoms. The van der Waals surface area contributed by atoms with Gasteiger partial charge >= 0.3 is 0 Å². The predicted octanol–water partition coefficient (Wildman–Crippen LogP) is 2.57. The van der Waals surface area contributed by atoms with Crippen LogP contribution in [0.25, 0.3) is 0 Å². The molecule has 0 spiro atoms. The van der Waals surface area contributed by atoms with E-state index in [1.807, 2.05) is 0 Å². The molecular formula is C7H6Cl3N3O. The van der Waals surface area contributed by atoms with Gasteiger partial charge in [0, 0.05) is 5.02 Å². The van der Waals surface area contributed by atoms with E-state index in [4.69, 9.17) is 45.7 Å². The average molecular weight is 255 g/mol. The number of benzene rings is 1.